The van der Waals surface area contributed by atoms with Crippen molar-refractivity contribution in [3.05, 3.63) is 64.7 Å². The fraction of sp³-hybridized carbons (Fsp3) is 0.250. The van der Waals surface area contributed by atoms with Gasteiger partial charge < -0.3 is 4.74 Å². The van der Waals surface area contributed by atoms with E-state index < -0.39 is 0 Å². The zero-order chi connectivity index (χ0) is 13.8. The predicted molar refractivity (Wildman–Crippen MR) is 84.4 cm³/mol. The molecule has 100 valence electrons. The van der Waals surface area contributed by atoms with Crippen molar-refractivity contribution >= 4 is 27.5 Å². The SMILES string of the molecule is CC(C)Oc1ccc(C(Br)c2cccc(Cl)c2)cc1. The molecule has 2 aromatic carbocycles. The van der Waals surface area contributed by atoms with Gasteiger partial charge in [0, 0.05) is 5.02 Å². The van der Waals surface area contributed by atoms with Gasteiger partial charge >= 0.3 is 0 Å². The molecular weight excluding hydrogens is 324 g/mol. The Morgan fingerprint density at radius 3 is 2.26 bits per heavy atom. The standard InChI is InChI=1S/C16H16BrClO/c1-11(2)19-15-8-6-12(7-9-15)16(17)13-4-3-5-14(18)10-13/h3-11,16H,1-2H3. The summed E-state index contributed by atoms with van der Waals surface area (Å²) in [6.07, 6.45) is 0.193. The fourth-order valence-corrected chi connectivity index (χ4v) is 2.63. The van der Waals surface area contributed by atoms with Crippen molar-refractivity contribution in [2.45, 2.75) is 24.8 Å². The second-order valence-electron chi connectivity index (χ2n) is 4.65. The highest BCUT2D eigenvalue weighted by molar-refractivity contribution is 9.09. The average Bonchev–Trinajstić information content (AvgIpc) is 2.38. The van der Waals surface area contributed by atoms with Crippen molar-refractivity contribution in [1.82, 2.24) is 0 Å². The highest BCUT2D eigenvalue weighted by atomic mass is 79.9. The predicted octanol–water partition coefficient (Wildman–Crippen LogP) is 5.61. The van der Waals surface area contributed by atoms with Crippen LogP contribution in [0.25, 0.3) is 0 Å². The molecule has 0 N–H and O–H groups in total. The molecule has 0 aliphatic carbocycles. The summed E-state index contributed by atoms with van der Waals surface area (Å²) in [6, 6.07) is 16.0. The number of hydrogen-bond acceptors (Lipinski definition) is 1. The van der Waals surface area contributed by atoms with Crippen LogP contribution in [0.15, 0.2) is 48.5 Å². The number of ether oxygens (including phenoxy) is 1. The van der Waals surface area contributed by atoms with Crippen LogP contribution in [-0.4, -0.2) is 6.10 Å². The van der Waals surface area contributed by atoms with Crippen LogP contribution in [0.5, 0.6) is 5.75 Å². The van der Waals surface area contributed by atoms with Crippen molar-refractivity contribution < 1.29 is 4.74 Å². The van der Waals surface area contributed by atoms with Gasteiger partial charge in [-0.15, -0.1) is 0 Å². The van der Waals surface area contributed by atoms with E-state index in [2.05, 4.69) is 34.1 Å². The largest absolute Gasteiger partial charge is 0.491 e. The van der Waals surface area contributed by atoms with Crippen LogP contribution in [0, 0.1) is 0 Å². The lowest BCUT2D eigenvalue weighted by atomic mass is 10.0. The molecule has 0 amide bonds. The second-order valence-corrected chi connectivity index (χ2v) is 6.01. The minimum atomic E-state index is 0.138. The topological polar surface area (TPSA) is 9.23 Å². The quantitative estimate of drug-likeness (QED) is 0.658. The summed E-state index contributed by atoms with van der Waals surface area (Å²) in [4.78, 5) is 0.138. The van der Waals surface area contributed by atoms with Crippen molar-refractivity contribution in [2.24, 2.45) is 0 Å². The Morgan fingerprint density at radius 1 is 1.00 bits per heavy atom. The molecule has 0 heterocycles. The molecule has 1 atom stereocenters. The Morgan fingerprint density at radius 2 is 1.68 bits per heavy atom. The second kappa shape index (κ2) is 6.44. The van der Waals surface area contributed by atoms with Gasteiger partial charge in [-0.2, -0.15) is 0 Å². The van der Waals surface area contributed by atoms with Crippen LogP contribution < -0.4 is 4.74 Å². The molecule has 0 saturated heterocycles. The first-order chi connectivity index (χ1) is 9.06. The van der Waals surface area contributed by atoms with Gasteiger partial charge in [0.25, 0.3) is 0 Å². The van der Waals surface area contributed by atoms with E-state index in [1.807, 2.05) is 44.2 Å². The van der Waals surface area contributed by atoms with Crippen LogP contribution in [-0.2, 0) is 0 Å². The third-order valence-corrected chi connectivity index (χ3v) is 3.98. The number of halogens is 2. The summed E-state index contributed by atoms with van der Waals surface area (Å²) < 4.78 is 5.64. The van der Waals surface area contributed by atoms with Crippen molar-refractivity contribution in [3.8, 4) is 5.75 Å². The normalized spacial score (nSPS) is 12.5. The van der Waals surface area contributed by atoms with Gasteiger partial charge in [-0.05, 0) is 49.2 Å². The van der Waals surface area contributed by atoms with Crippen molar-refractivity contribution in [1.29, 1.82) is 0 Å². The first kappa shape index (κ1) is 14.4. The summed E-state index contributed by atoms with van der Waals surface area (Å²) in [5.74, 6) is 0.893. The molecule has 2 aromatic rings. The Bertz CT molecular complexity index is 537. The molecule has 0 fully saturated rings. The number of alkyl halides is 1. The van der Waals surface area contributed by atoms with E-state index >= 15 is 0 Å². The third kappa shape index (κ3) is 3.99. The summed E-state index contributed by atoms with van der Waals surface area (Å²) >= 11 is 9.72. The van der Waals surface area contributed by atoms with Gasteiger partial charge in [-0.3, -0.25) is 0 Å². The third-order valence-electron chi connectivity index (χ3n) is 2.69. The number of benzene rings is 2. The molecule has 0 aliphatic rings. The van der Waals surface area contributed by atoms with E-state index in [4.69, 9.17) is 16.3 Å². The lowest BCUT2D eigenvalue weighted by Crippen LogP contribution is -2.05. The maximum absolute atomic E-state index is 6.02. The first-order valence-corrected chi connectivity index (χ1v) is 7.52. The molecule has 3 heteroatoms. The highest BCUT2D eigenvalue weighted by Gasteiger charge is 2.10. The van der Waals surface area contributed by atoms with Gasteiger partial charge in [0.2, 0.25) is 0 Å². The van der Waals surface area contributed by atoms with Crippen LogP contribution in [0.1, 0.15) is 29.8 Å². The van der Waals surface area contributed by atoms with E-state index in [1.165, 1.54) is 5.56 Å². The molecule has 0 spiro atoms. The Balaban J connectivity index is 2.17. The Hall–Kier alpha value is -0.990. The first-order valence-electron chi connectivity index (χ1n) is 6.22. The maximum atomic E-state index is 6.02. The van der Waals surface area contributed by atoms with E-state index in [1.54, 1.807) is 0 Å². The minimum Gasteiger partial charge on any atom is -0.491 e. The Kier molecular flexibility index (Phi) is 4.89. The van der Waals surface area contributed by atoms with Gasteiger partial charge in [0.05, 0.1) is 10.9 Å². The van der Waals surface area contributed by atoms with E-state index in [0.29, 0.717) is 0 Å². The van der Waals surface area contributed by atoms with E-state index in [9.17, 15) is 0 Å². The van der Waals surface area contributed by atoms with Crippen LogP contribution in [0.2, 0.25) is 5.02 Å². The molecule has 0 aromatic heterocycles. The lowest BCUT2D eigenvalue weighted by Gasteiger charge is -2.13. The smallest absolute Gasteiger partial charge is 0.119 e. The van der Waals surface area contributed by atoms with Gasteiger partial charge in [0.1, 0.15) is 5.75 Å². The average molecular weight is 340 g/mol. The molecule has 19 heavy (non-hydrogen) atoms. The summed E-state index contributed by atoms with van der Waals surface area (Å²) in [7, 11) is 0. The van der Waals surface area contributed by atoms with E-state index in [0.717, 1.165) is 16.3 Å². The maximum Gasteiger partial charge on any atom is 0.119 e. The minimum absolute atomic E-state index is 0.138. The van der Waals surface area contributed by atoms with Crippen molar-refractivity contribution in [3.63, 3.8) is 0 Å². The summed E-state index contributed by atoms with van der Waals surface area (Å²) in [6.45, 7) is 4.04. The molecule has 0 aliphatic heterocycles. The number of hydrogen-bond donors (Lipinski definition) is 0. The zero-order valence-electron chi connectivity index (χ0n) is 10.9. The fourth-order valence-electron chi connectivity index (χ4n) is 1.84. The molecule has 0 saturated carbocycles. The van der Waals surface area contributed by atoms with Gasteiger partial charge in [-0.25, -0.2) is 0 Å². The zero-order valence-corrected chi connectivity index (χ0v) is 13.3. The summed E-state index contributed by atoms with van der Waals surface area (Å²) in [5.41, 5.74) is 2.32. The molecule has 1 nitrogen and oxygen atoms in total. The van der Waals surface area contributed by atoms with Gasteiger partial charge in [0.15, 0.2) is 0 Å². The lowest BCUT2D eigenvalue weighted by molar-refractivity contribution is 0.242. The van der Waals surface area contributed by atoms with Gasteiger partial charge in [-0.1, -0.05) is 51.8 Å². The number of rotatable bonds is 4. The monoisotopic (exact) mass is 338 g/mol. The molecular formula is C16H16BrClO. The Labute approximate surface area is 127 Å². The van der Waals surface area contributed by atoms with Crippen LogP contribution in [0.3, 0.4) is 0 Å². The molecule has 1 unspecified atom stereocenters. The van der Waals surface area contributed by atoms with Crippen LogP contribution in [0.4, 0.5) is 0 Å². The molecule has 2 rings (SSSR count). The van der Waals surface area contributed by atoms with E-state index in [-0.39, 0.29) is 10.9 Å². The highest BCUT2D eigenvalue weighted by Crippen LogP contribution is 2.32. The van der Waals surface area contributed by atoms with Crippen molar-refractivity contribution in [2.75, 3.05) is 0 Å². The molecule has 0 radical (unpaired) electrons. The molecule has 0 bridgehead atoms. The summed E-state index contributed by atoms with van der Waals surface area (Å²) in [5, 5.41) is 0.752. The van der Waals surface area contributed by atoms with Crippen LogP contribution >= 0.6 is 27.5 Å².